The normalized spacial score (nSPS) is 11.5. The first kappa shape index (κ1) is 21.8. The Morgan fingerprint density at radius 1 is 0.800 bits per heavy atom. The van der Waals surface area contributed by atoms with Gasteiger partial charge in [-0.15, -0.1) is 0 Å². The monoisotopic (exact) mass is 364 g/mol. The van der Waals surface area contributed by atoms with Crippen LogP contribution in [0.3, 0.4) is 0 Å². The number of fused-ring (bicyclic) bond motifs is 1. The maximum atomic E-state index is 11.0. The van der Waals surface area contributed by atoms with Crippen LogP contribution in [0.25, 0.3) is 10.8 Å². The summed E-state index contributed by atoms with van der Waals surface area (Å²) in [6.45, 7) is 0. The summed E-state index contributed by atoms with van der Waals surface area (Å²) in [5, 5.41) is 0.281. The molecule has 20 heavy (non-hydrogen) atoms. The number of hydrogen-bond donors (Lipinski definition) is 0. The molecule has 6 nitrogen and oxygen atoms in total. The molecule has 96 valence electrons. The molecule has 2 rings (SSSR count). The third-order valence-corrected chi connectivity index (χ3v) is 4.10. The van der Waals surface area contributed by atoms with Crippen LogP contribution in [-0.2, 0) is 20.2 Å². The van der Waals surface area contributed by atoms with Crippen molar-refractivity contribution < 1.29 is 129 Å². The molecule has 0 spiro atoms. The Labute approximate surface area is 201 Å². The first-order valence-corrected chi connectivity index (χ1v) is 7.46. The summed E-state index contributed by atoms with van der Waals surface area (Å²) in [5.41, 5.74) is 0. The van der Waals surface area contributed by atoms with Crippen LogP contribution in [-0.4, -0.2) is 25.9 Å². The van der Waals surface area contributed by atoms with Gasteiger partial charge in [-0.05, 0) is 29.0 Å². The number of benzene rings is 2. The molecule has 0 aliphatic rings. The Kier molecular flexibility index (Phi) is 8.78. The van der Waals surface area contributed by atoms with Crippen LogP contribution in [0.1, 0.15) is 0 Å². The first-order chi connectivity index (χ1) is 8.19. The molecule has 10 heteroatoms. The van der Waals surface area contributed by atoms with E-state index in [1.54, 1.807) is 0 Å². The van der Waals surface area contributed by atoms with E-state index in [0.717, 1.165) is 24.3 Å². The Bertz CT molecular complexity index is 830. The molecule has 0 aliphatic heterocycles. The molecule has 0 heterocycles. The van der Waals surface area contributed by atoms with Crippen molar-refractivity contribution in [1.82, 2.24) is 0 Å². The molecule has 0 N–H and O–H groups in total. The van der Waals surface area contributed by atoms with E-state index in [2.05, 4.69) is 0 Å². The molecule has 0 saturated heterocycles. The van der Waals surface area contributed by atoms with Gasteiger partial charge in [0.2, 0.25) is 0 Å². The fourth-order valence-electron chi connectivity index (χ4n) is 1.61. The van der Waals surface area contributed by atoms with Gasteiger partial charge in [-0.2, -0.15) is 0 Å². The molecule has 0 aromatic heterocycles. The average Bonchev–Trinajstić information content (AvgIpc) is 2.25. The molecule has 0 amide bonds. The van der Waals surface area contributed by atoms with E-state index in [9.17, 15) is 25.9 Å². The minimum Gasteiger partial charge on any atom is -0.744 e. The van der Waals surface area contributed by atoms with Crippen LogP contribution in [0, 0.1) is 0 Å². The van der Waals surface area contributed by atoms with Gasteiger partial charge in [0.25, 0.3) is 0 Å². The third kappa shape index (κ3) is 5.16. The molecular weight excluding hydrogens is 358 g/mol. The van der Waals surface area contributed by atoms with Crippen LogP contribution < -0.4 is 103 Å². The molecule has 0 radical (unpaired) electrons. The van der Waals surface area contributed by atoms with Crippen LogP contribution in [0.4, 0.5) is 0 Å². The van der Waals surface area contributed by atoms with Crippen molar-refractivity contribution in [1.29, 1.82) is 0 Å². The molecule has 0 fully saturated rings. The molecule has 0 bridgehead atoms. The average molecular weight is 364 g/mol. The van der Waals surface area contributed by atoms with E-state index in [-0.39, 0.29) is 114 Å². The summed E-state index contributed by atoms with van der Waals surface area (Å²) < 4.78 is 65.4. The second-order valence-corrected chi connectivity index (χ2v) is 6.28. The summed E-state index contributed by atoms with van der Waals surface area (Å²) in [5.74, 6) is 0. The Hall–Kier alpha value is 1.79. The summed E-state index contributed by atoms with van der Waals surface area (Å²) >= 11 is 0. The summed E-state index contributed by atoms with van der Waals surface area (Å²) in [6, 6.07) is 6.97. The quantitative estimate of drug-likeness (QED) is 0.388. The Balaban J connectivity index is 0.00000180. The van der Waals surface area contributed by atoms with Gasteiger partial charge in [0.1, 0.15) is 20.2 Å². The van der Waals surface area contributed by atoms with Gasteiger partial charge in [0.05, 0.1) is 9.79 Å². The number of rotatable bonds is 2. The van der Waals surface area contributed by atoms with Gasteiger partial charge in [-0.25, -0.2) is 16.8 Å². The molecular formula is C10H6K2O6S2. The van der Waals surface area contributed by atoms with E-state index >= 15 is 0 Å². The zero-order chi connectivity index (χ0) is 13.6. The van der Waals surface area contributed by atoms with Gasteiger partial charge in [-0.3, -0.25) is 0 Å². The topological polar surface area (TPSA) is 114 Å². The van der Waals surface area contributed by atoms with Crippen molar-refractivity contribution in [3.05, 3.63) is 36.4 Å². The fourth-order valence-corrected chi connectivity index (χ4v) is 2.81. The van der Waals surface area contributed by atoms with Gasteiger partial charge in [0.15, 0.2) is 0 Å². The van der Waals surface area contributed by atoms with Gasteiger partial charge < -0.3 is 9.11 Å². The van der Waals surface area contributed by atoms with E-state index in [0.29, 0.717) is 0 Å². The summed E-state index contributed by atoms with van der Waals surface area (Å²) in [6.07, 6.45) is 0. The van der Waals surface area contributed by atoms with E-state index in [4.69, 9.17) is 0 Å². The molecule has 2 aromatic carbocycles. The van der Waals surface area contributed by atoms with Crippen LogP contribution in [0.5, 0.6) is 0 Å². The molecule has 0 saturated carbocycles. The van der Waals surface area contributed by atoms with Gasteiger partial charge in [0, 0.05) is 0 Å². The van der Waals surface area contributed by atoms with Crippen molar-refractivity contribution >= 4 is 31.0 Å². The molecule has 0 atom stereocenters. The zero-order valence-electron chi connectivity index (χ0n) is 10.7. The summed E-state index contributed by atoms with van der Waals surface area (Å²) in [7, 11) is -9.28. The maximum absolute atomic E-state index is 11.0. The largest absolute Gasteiger partial charge is 1.00 e. The molecule has 0 unspecified atom stereocenters. The minimum atomic E-state index is -4.66. The second kappa shape index (κ2) is 8.06. The summed E-state index contributed by atoms with van der Waals surface area (Å²) in [4.78, 5) is -0.926. The van der Waals surface area contributed by atoms with Crippen molar-refractivity contribution in [3.8, 4) is 0 Å². The van der Waals surface area contributed by atoms with Crippen LogP contribution >= 0.6 is 0 Å². The first-order valence-electron chi connectivity index (χ1n) is 4.64. The van der Waals surface area contributed by atoms with Gasteiger partial charge >= 0.3 is 103 Å². The van der Waals surface area contributed by atoms with Crippen molar-refractivity contribution in [2.24, 2.45) is 0 Å². The van der Waals surface area contributed by atoms with Crippen LogP contribution in [0.2, 0.25) is 0 Å². The van der Waals surface area contributed by atoms with E-state index in [1.165, 1.54) is 12.1 Å². The minimum absolute atomic E-state index is 0. The van der Waals surface area contributed by atoms with E-state index in [1.807, 2.05) is 0 Å². The Morgan fingerprint density at radius 2 is 1.40 bits per heavy atom. The van der Waals surface area contributed by atoms with Crippen LogP contribution in [0.15, 0.2) is 46.2 Å². The smallest absolute Gasteiger partial charge is 0.744 e. The predicted molar refractivity (Wildman–Crippen MR) is 59.9 cm³/mol. The zero-order valence-corrected chi connectivity index (χ0v) is 18.6. The SMILES string of the molecule is O=S(=O)([O-])c1ccc2c(S(=O)(=O)[O-])cccc2c1.[K+].[K+]. The van der Waals surface area contributed by atoms with Crippen molar-refractivity contribution in [2.45, 2.75) is 9.79 Å². The van der Waals surface area contributed by atoms with E-state index < -0.39 is 30.0 Å². The standard InChI is InChI=1S/C10H8O6S2.2K/c11-17(12,13)8-4-5-9-7(6-8)2-1-3-10(9)18(14,15)16;;/h1-6H,(H,11,12,13)(H,14,15,16);;/q;2*+1/p-2. The van der Waals surface area contributed by atoms with Gasteiger partial charge in [-0.1, -0.05) is 18.2 Å². The second-order valence-electron chi connectivity index (χ2n) is 3.55. The van der Waals surface area contributed by atoms with Crippen molar-refractivity contribution in [2.75, 3.05) is 0 Å². The Morgan fingerprint density at radius 3 is 1.90 bits per heavy atom. The predicted octanol–water partition coefficient (Wildman–Crippen LogP) is -5.34. The maximum Gasteiger partial charge on any atom is 1.00 e. The van der Waals surface area contributed by atoms with Crippen molar-refractivity contribution in [3.63, 3.8) is 0 Å². The molecule has 2 aromatic rings. The molecule has 0 aliphatic carbocycles. The fraction of sp³-hybridized carbons (Fsp3) is 0. The third-order valence-electron chi connectivity index (χ3n) is 2.37. The number of hydrogen-bond acceptors (Lipinski definition) is 6.